The molecule has 0 fully saturated rings. The maximum absolute atomic E-state index is 13.0. The molecule has 2 aromatic carbocycles. The van der Waals surface area contributed by atoms with Crippen LogP contribution in [0.4, 0.5) is 5.69 Å². The third-order valence-electron chi connectivity index (χ3n) is 4.32. The van der Waals surface area contributed by atoms with E-state index in [9.17, 15) is 9.59 Å². The molecule has 0 saturated carbocycles. The third kappa shape index (κ3) is 3.79. The van der Waals surface area contributed by atoms with Crippen molar-refractivity contribution in [1.29, 1.82) is 0 Å². The first-order valence-corrected chi connectivity index (χ1v) is 8.53. The number of ether oxygens (including phenoxy) is 3. The van der Waals surface area contributed by atoms with Crippen LogP contribution in [0.25, 0.3) is 11.6 Å². The summed E-state index contributed by atoms with van der Waals surface area (Å²) in [6.45, 7) is 1.79. The van der Waals surface area contributed by atoms with Gasteiger partial charge in [0.05, 0.1) is 26.5 Å². The number of hydrogen-bond donors (Lipinski definition) is 0. The highest BCUT2D eigenvalue weighted by Crippen LogP contribution is 2.38. The smallest absolute Gasteiger partial charge is 0.302 e. The standard InChI is InChI=1S/C21H21NO5/c1-14(23)27-11-10-22-19-7-5-4-6-17(19)18(21(22)24)13-15-12-16(25-2)8-9-20(15)26-3/h4-9,12-13H,10-11H2,1-3H3. The molecule has 1 aliphatic rings. The van der Waals surface area contributed by atoms with Crippen LogP contribution < -0.4 is 14.4 Å². The number of hydrogen-bond acceptors (Lipinski definition) is 5. The van der Waals surface area contributed by atoms with Gasteiger partial charge in [0.2, 0.25) is 0 Å². The van der Waals surface area contributed by atoms with Crippen molar-refractivity contribution in [3.63, 3.8) is 0 Å². The molecule has 0 saturated heterocycles. The zero-order valence-corrected chi connectivity index (χ0v) is 15.5. The van der Waals surface area contributed by atoms with E-state index < -0.39 is 0 Å². The molecule has 0 N–H and O–H groups in total. The molecular formula is C21H21NO5. The fourth-order valence-electron chi connectivity index (χ4n) is 3.06. The largest absolute Gasteiger partial charge is 0.497 e. The predicted molar refractivity (Wildman–Crippen MR) is 103 cm³/mol. The molecule has 0 bridgehead atoms. The first kappa shape index (κ1) is 18.5. The van der Waals surface area contributed by atoms with Gasteiger partial charge >= 0.3 is 5.97 Å². The van der Waals surface area contributed by atoms with Gasteiger partial charge in [0.1, 0.15) is 18.1 Å². The fraction of sp³-hybridized carbons (Fsp3) is 0.238. The molecule has 6 nitrogen and oxygen atoms in total. The topological polar surface area (TPSA) is 65.1 Å². The van der Waals surface area contributed by atoms with E-state index in [2.05, 4.69) is 0 Å². The van der Waals surface area contributed by atoms with Crippen LogP contribution in [0, 0.1) is 0 Å². The van der Waals surface area contributed by atoms with Crippen molar-refractivity contribution in [3.05, 3.63) is 53.6 Å². The maximum Gasteiger partial charge on any atom is 0.302 e. The van der Waals surface area contributed by atoms with Crippen molar-refractivity contribution in [2.24, 2.45) is 0 Å². The number of rotatable bonds is 6. The van der Waals surface area contributed by atoms with E-state index in [1.165, 1.54) is 6.92 Å². The average Bonchev–Trinajstić information content (AvgIpc) is 2.93. The number of methoxy groups -OCH3 is 2. The highest BCUT2D eigenvalue weighted by atomic mass is 16.5. The zero-order chi connectivity index (χ0) is 19.4. The van der Waals surface area contributed by atoms with Crippen molar-refractivity contribution in [2.75, 3.05) is 32.3 Å². The number of esters is 1. The fourth-order valence-corrected chi connectivity index (χ4v) is 3.06. The summed E-state index contributed by atoms with van der Waals surface area (Å²) in [7, 11) is 3.17. The zero-order valence-electron chi connectivity index (χ0n) is 15.5. The summed E-state index contributed by atoms with van der Waals surface area (Å²) in [6.07, 6.45) is 1.80. The van der Waals surface area contributed by atoms with Crippen molar-refractivity contribution in [2.45, 2.75) is 6.92 Å². The second-order valence-corrected chi connectivity index (χ2v) is 5.98. The quantitative estimate of drug-likeness (QED) is 0.580. The van der Waals surface area contributed by atoms with Crippen molar-refractivity contribution < 1.29 is 23.8 Å². The summed E-state index contributed by atoms with van der Waals surface area (Å²) in [5, 5.41) is 0. The van der Waals surface area contributed by atoms with Crippen molar-refractivity contribution in [3.8, 4) is 11.5 Å². The Morgan fingerprint density at radius 1 is 1.11 bits per heavy atom. The minimum absolute atomic E-state index is 0.144. The summed E-state index contributed by atoms with van der Waals surface area (Å²) >= 11 is 0. The van der Waals surface area contributed by atoms with Gasteiger partial charge in [-0.1, -0.05) is 18.2 Å². The van der Waals surface area contributed by atoms with E-state index in [0.717, 1.165) is 16.8 Å². The van der Waals surface area contributed by atoms with E-state index in [4.69, 9.17) is 14.2 Å². The first-order chi connectivity index (χ1) is 13.0. The number of fused-ring (bicyclic) bond motifs is 1. The molecule has 0 radical (unpaired) electrons. The van der Waals surface area contributed by atoms with Crippen molar-refractivity contribution >= 4 is 29.2 Å². The Morgan fingerprint density at radius 3 is 2.59 bits per heavy atom. The second kappa shape index (κ2) is 7.95. The molecule has 2 aromatic rings. The van der Waals surface area contributed by atoms with E-state index in [0.29, 0.717) is 23.6 Å². The van der Waals surface area contributed by atoms with Crippen LogP contribution in [0.5, 0.6) is 11.5 Å². The van der Waals surface area contributed by atoms with E-state index >= 15 is 0 Å². The highest BCUT2D eigenvalue weighted by molar-refractivity contribution is 6.35. The molecule has 1 amide bonds. The Hall–Kier alpha value is -3.28. The molecule has 0 atom stereocenters. The van der Waals surface area contributed by atoms with Gasteiger partial charge in [0.15, 0.2) is 0 Å². The van der Waals surface area contributed by atoms with Crippen LogP contribution in [0.1, 0.15) is 18.1 Å². The van der Waals surface area contributed by atoms with Crippen LogP contribution in [0.2, 0.25) is 0 Å². The molecule has 0 aromatic heterocycles. The minimum Gasteiger partial charge on any atom is -0.497 e. The number of carbonyl (C=O) groups excluding carboxylic acids is 2. The lowest BCUT2D eigenvalue weighted by Crippen LogP contribution is -2.30. The molecule has 0 spiro atoms. The molecule has 1 heterocycles. The summed E-state index contributed by atoms with van der Waals surface area (Å²) in [5.74, 6) is 0.806. The van der Waals surface area contributed by atoms with Gasteiger partial charge < -0.3 is 19.1 Å². The third-order valence-corrected chi connectivity index (χ3v) is 4.32. The molecule has 3 rings (SSSR count). The van der Waals surface area contributed by atoms with Gasteiger partial charge in [-0.3, -0.25) is 9.59 Å². The Balaban J connectivity index is 2.00. The van der Waals surface area contributed by atoms with Gasteiger partial charge in [-0.25, -0.2) is 0 Å². The van der Waals surface area contributed by atoms with Gasteiger partial charge in [-0.2, -0.15) is 0 Å². The minimum atomic E-state index is -0.369. The Kier molecular flexibility index (Phi) is 5.45. The summed E-state index contributed by atoms with van der Waals surface area (Å²) in [4.78, 5) is 25.7. The molecule has 1 aliphatic heterocycles. The van der Waals surface area contributed by atoms with E-state index in [1.807, 2.05) is 30.3 Å². The lowest BCUT2D eigenvalue weighted by Gasteiger charge is -2.16. The average molecular weight is 367 g/mol. The molecule has 140 valence electrons. The lowest BCUT2D eigenvalue weighted by atomic mass is 10.0. The van der Waals surface area contributed by atoms with Crippen molar-refractivity contribution in [1.82, 2.24) is 0 Å². The summed E-state index contributed by atoms with van der Waals surface area (Å²) in [5.41, 5.74) is 2.93. The summed E-state index contributed by atoms with van der Waals surface area (Å²) < 4.78 is 15.7. The van der Waals surface area contributed by atoms with Gasteiger partial charge in [-0.15, -0.1) is 0 Å². The number of carbonyl (C=O) groups is 2. The Labute approximate surface area is 158 Å². The maximum atomic E-state index is 13.0. The second-order valence-electron chi connectivity index (χ2n) is 5.98. The Morgan fingerprint density at radius 2 is 1.89 bits per heavy atom. The number of benzene rings is 2. The number of amides is 1. The molecule has 27 heavy (non-hydrogen) atoms. The van der Waals surface area contributed by atoms with Crippen LogP contribution in [0.3, 0.4) is 0 Å². The molecule has 0 unspecified atom stereocenters. The normalized spacial score (nSPS) is 14.3. The monoisotopic (exact) mass is 367 g/mol. The molecule has 0 aliphatic carbocycles. The Bertz CT molecular complexity index is 903. The van der Waals surface area contributed by atoms with Crippen LogP contribution in [-0.4, -0.2) is 39.2 Å². The SMILES string of the molecule is COc1ccc(OC)c(C=C2C(=O)N(CCOC(C)=O)c3ccccc32)c1. The highest BCUT2D eigenvalue weighted by Gasteiger charge is 2.32. The molecular weight excluding hydrogens is 346 g/mol. The number of para-hydroxylation sites is 1. The van der Waals surface area contributed by atoms with Gasteiger partial charge in [0.25, 0.3) is 5.91 Å². The van der Waals surface area contributed by atoms with Crippen LogP contribution >= 0.6 is 0 Å². The lowest BCUT2D eigenvalue weighted by molar-refractivity contribution is -0.140. The van der Waals surface area contributed by atoms with E-state index in [1.54, 1.807) is 37.3 Å². The number of anilines is 1. The predicted octanol–water partition coefficient (Wildman–Crippen LogP) is 3.15. The summed E-state index contributed by atoms with van der Waals surface area (Å²) in [6, 6.07) is 13.0. The van der Waals surface area contributed by atoms with E-state index in [-0.39, 0.29) is 18.5 Å². The van der Waals surface area contributed by atoms with Crippen LogP contribution in [0.15, 0.2) is 42.5 Å². The molecule has 6 heteroatoms. The van der Waals surface area contributed by atoms with Crippen LogP contribution in [-0.2, 0) is 14.3 Å². The number of nitrogens with zero attached hydrogens (tertiary/aromatic N) is 1. The van der Waals surface area contributed by atoms with Gasteiger partial charge in [-0.05, 0) is 30.3 Å². The first-order valence-electron chi connectivity index (χ1n) is 8.53. The van der Waals surface area contributed by atoms with Gasteiger partial charge in [0, 0.05) is 23.6 Å².